The van der Waals surface area contributed by atoms with Crippen LogP contribution < -0.4 is 15.5 Å². The molecular formula is C26H42N6O4S. The maximum atomic E-state index is 12.2. The second-order valence-electron chi connectivity index (χ2n) is 10.5. The normalized spacial score (nSPS) is 17.3. The largest absolute Gasteiger partial charge is 0.377 e. The second-order valence-corrected chi connectivity index (χ2v) is 13.6. The monoisotopic (exact) mass is 534 g/mol. The Morgan fingerprint density at radius 3 is 2.51 bits per heavy atom. The molecule has 0 bridgehead atoms. The highest BCUT2D eigenvalue weighted by molar-refractivity contribution is 8.25. The van der Waals surface area contributed by atoms with E-state index >= 15 is 0 Å². The molecule has 1 atom stereocenters. The summed E-state index contributed by atoms with van der Waals surface area (Å²) in [5.74, 6) is 1.21. The van der Waals surface area contributed by atoms with E-state index in [-0.39, 0.29) is 17.3 Å². The lowest BCUT2D eigenvalue weighted by atomic mass is 10.1. The van der Waals surface area contributed by atoms with Crippen molar-refractivity contribution in [1.29, 1.82) is 0 Å². The van der Waals surface area contributed by atoms with E-state index in [1.54, 1.807) is 12.1 Å². The Morgan fingerprint density at radius 1 is 1.24 bits per heavy atom. The smallest absolute Gasteiger partial charge is 0.319 e. The lowest BCUT2D eigenvalue weighted by molar-refractivity contribution is 0.0985. The van der Waals surface area contributed by atoms with Gasteiger partial charge in [0.1, 0.15) is 5.82 Å². The second kappa shape index (κ2) is 12.0. The summed E-state index contributed by atoms with van der Waals surface area (Å²) in [6.07, 6.45) is 0. The standard InChI is InChI=1S/C26H42N6O4S/c1-18(2)37(34,35)26(4,5)22-16-23(32-14-15-36-17-19(32)3)30-24(29-22)20-8-10-21(11-9-20)28-25(33)27-12-13-31(6)7/h8-11,16,18-19,34-35H,12-15,17H2,1-7H3,(H2,27,28,33)/t19-/m0/s1. The van der Waals surface area contributed by atoms with Gasteiger partial charge in [0.25, 0.3) is 0 Å². The maximum Gasteiger partial charge on any atom is 0.319 e. The van der Waals surface area contributed by atoms with Crippen LogP contribution >= 0.6 is 10.6 Å². The van der Waals surface area contributed by atoms with Crippen molar-refractivity contribution in [2.75, 3.05) is 57.2 Å². The van der Waals surface area contributed by atoms with Gasteiger partial charge in [0.05, 0.1) is 29.7 Å². The van der Waals surface area contributed by atoms with Crippen LogP contribution in [0.15, 0.2) is 30.3 Å². The molecule has 2 heterocycles. The highest BCUT2D eigenvalue weighted by Gasteiger charge is 2.40. The summed E-state index contributed by atoms with van der Waals surface area (Å²) in [6, 6.07) is 9.05. The molecule has 1 aliphatic heterocycles. The SMILES string of the molecule is CC(C)S(O)(O)C(C)(C)c1cc(N2CCOC[C@@H]2C)nc(-c2ccc(NC(=O)NCCN(C)C)cc2)n1. The van der Waals surface area contributed by atoms with Crippen LogP contribution in [-0.4, -0.2) is 88.2 Å². The number of hydrogen-bond acceptors (Lipinski definition) is 8. The number of ether oxygens (including phenoxy) is 1. The summed E-state index contributed by atoms with van der Waals surface area (Å²) in [7, 11) is 0.889. The molecule has 1 aromatic carbocycles. The van der Waals surface area contributed by atoms with Crippen LogP contribution in [0.25, 0.3) is 11.4 Å². The number of carbonyl (C=O) groups excluding carboxylic acids is 1. The van der Waals surface area contributed by atoms with Crippen molar-refractivity contribution in [1.82, 2.24) is 20.2 Å². The van der Waals surface area contributed by atoms with Crippen molar-refractivity contribution >= 4 is 28.1 Å². The van der Waals surface area contributed by atoms with Gasteiger partial charge in [-0.25, -0.2) is 14.8 Å². The van der Waals surface area contributed by atoms with Crippen molar-refractivity contribution in [3.8, 4) is 11.4 Å². The predicted molar refractivity (Wildman–Crippen MR) is 152 cm³/mol. The van der Waals surface area contributed by atoms with Gasteiger partial charge in [-0.1, -0.05) is 0 Å². The molecule has 0 spiro atoms. The minimum Gasteiger partial charge on any atom is -0.377 e. The summed E-state index contributed by atoms with van der Waals surface area (Å²) in [5, 5.41) is 5.33. The van der Waals surface area contributed by atoms with Gasteiger partial charge in [-0.3, -0.25) is 9.11 Å². The van der Waals surface area contributed by atoms with Crippen molar-refractivity contribution in [2.45, 2.75) is 50.7 Å². The lowest BCUT2D eigenvalue weighted by Gasteiger charge is -2.49. The summed E-state index contributed by atoms with van der Waals surface area (Å²) in [4.78, 5) is 26.0. The number of carbonyl (C=O) groups is 1. The Kier molecular flexibility index (Phi) is 9.41. The molecule has 0 unspecified atom stereocenters. The number of rotatable bonds is 9. The molecule has 3 rings (SSSR count). The molecule has 11 heteroatoms. The van der Waals surface area contributed by atoms with E-state index in [0.717, 1.165) is 17.9 Å². The van der Waals surface area contributed by atoms with Gasteiger partial charge >= 0.3 is 6.03 Å². The summed E-state index contributed by atoms with van der Waals surface area (Å²) in [5.41, 5.74) is 1.99. The number of anilines is 2. The third-order valence-electron chi connectivity index (χ3n) is 6.65. The number of nitrogens with zero attached hydrogens (tertiary/aromatic N) is 4. The molecule has 1 aliphatic rings. The molecule has 37 heavy (non-hydrogen) atoms. The number of urea groups is 1. The Balaban J connectivity index is 1.94. The van der Waals surface area contributed by atoms with Gasteiger partial charge in [0.2, 0.25) is 0 Å². The number of hydrogen-bond donors (Lipinski definition) is 4. The first kappa shape index (κ1) is 29.1. The van der Waals surface area contributed by atoms with Gasteiger partial charge < -0.3 is 25.2 Å². The zero-order chi connectivity index (χ0) is 27.4. The predicted octanol–water partition coefficient (Wildman–Crippen LogP) is 4.45. The Morgan fingerprint density at radius 2 is 1.92 bits per heavy atom. The number of morpholine rings is 1. The first-order valence-electron chi connectivity index (χ1n) is 12.6. The van der Waals surface area contributed by atoms with Crippen LogP contribution in [0.3, 0.4) is 0 Å². The Labute approximate surface area is 222 Å². The first-order valence-corrected chi connectivity index (χ1v) is 14.2. The highest BCUT2D eigenvalue weighted by Crippen LogP contribution is 2.60. The van der Waals surface area contributed by atoms with Crippen LogP contribution in [0.4, 0.5) is 16.3 Å². The van der Waals surface area contributed by atoms with E-state index in [9.17, 15) is 13.9 Å². The number of amides is 2. The Hall–Kier alpha value is -2.44. The number of likely N-dealkylation sites (N-methyl/N-ethyl adjacent to an activating group) is 1. The van der Waals surface area contributed by atoms with Crippen LogP contribution in [-0.2, 0) is 9.48 Å². The highest BCUT2D eigenvalue weighted by atomic mass is 32.3. The summed E-state index contributed by atoms with van der Waals surface area (Å²) >= 11 is 0. The number of aromatic nitrogens is 2. The summed E-state index contributed by atoms with van der Waals surface area (Å²) in [6.45, 7) is 12.5. The third-order valence-corrected chi connectivity index (χ3v) is 9.67. The van der Waals surface area contributed by atoms with Gasteiger partial charge in [0, 0.05) is 42.2 Å². The van der Waals surface area contributed by atoms with Gasteiger partial charge in [-0.2, -0.15) is 10.6 Å². The molecule has 0 radical (unpaired) electrons. The molecular weight excluding hydrogens is 492 g/mol. The van der Waals surface area contributed by atoms with Crippen LogP contribution in [0, 0.1) is 0 Å². The van der Waals surface area contributed by atoms with Gasteiger partial charge in [-0.05, 0) is 73.0 Å². The van der Waals surface area contributed by atoms with E-state index in [2.05, 4.69) is 22.5 Å². The van der Waals surface area contributed by atoms with Gasteiger partial charge in [0.15, 0.2) is 5.82 Å². The minimum absolute atomic E-state index is 0.121. The number of benzene rings is 1. The van der Waals surface area contributed by atoms with E-state index in [1.807, 2.05) is 64.9 Å². The molecule has 2 aromatic rings. The molecule has 4 N–H and O–H groups in total. The lowest BCUT2D eigenvalue weighted by Crippen LogP contribution is -2.44. The fourth-order valence-electron chi connectivity index (χ4n) is 4.10. The molecule has 1 aromatic heterocycles. The van der Waals surface area contributed by atoms with Crippen molar-refractivity contribution < 1.29 is 18.6 Å². The van der Waals surface area contributed by atoms with Crippen LogP contribution in [0.5, 0.6) is 0 Å². The maximum absolute atomic E-state index is 12.2. The van der Waals surface area contributed by atoms with E-state index in [0.29, 0.717) is 43.5 Å². The minimum atomic E-state index is -3.01. The van der Waals surface area contributed by atoms with Crippen molar-refractivity contribution in [3.05, 3.63) is 36.0 Å². The molecule has 0 saturated carbocycles. The topological polar surface area (TPSA) is 123 Å². The molecule has 206 valence electrons. The van der Waals surface area contributed by atoms with Crippen molar-refractivity contribution in [2.24, 2.45) is 0 Å². The zero-order valence-electron chi connectivity index (χ0n) is 23.0. The molecule has 0 aliphatic carbocycles. The molecule has 2 amide bonds. The average molecular weight is 535 g/mol. The zero-order valence-corrected chi connectivity index (χ0v) is 23.8. The van der Waals surface area contributed by atoms with Crippen LogP contribution in [0.2, 0.25) is 0 Å². The molecule has 10 nitrogen and oxygen atoms in total. The molecule has 1 saturated heterocycles. The summed E-state index contributed by atoms with van der Waals surface area (Å²) < 4.78 is 26.8. The third kappa shape index (κ3) is 6.91. The first-order chi connectivity index (χ1) is 17.3. The molecule has 1 fully saturated rings. The fraction of sp³-hybridized carbons (Fsp3) is 0.577. The van der Waals surface area contributed by atoms with Gasteiger partial charge in [-0.15, -0.1) is 0 Å². The van der Waals surface area contributed by atoms with E-state index < -0.39 is 15.3 Å². The quantitative estimate of drug-likeness (QED) is 0.372. The Bertz CT molecular complexity index is 1060. The van der Waals surface area contributed by atoms with Crippen molar-refractivity contribution in [3.63, 3.8) is 0 Å². The fourth-order valence-corrected chi connectivity index (χ4v) is 5.69. The average Bonchev–Trinajstić information content (AvgIpc) is 2.84. The van der Waals surface area contributed by atoms with Crippen LogP contribution in [0.1, 0.15) is 40.3 Å². The van der Waals surface area contributed by atoms with E-state index in [4.69, 9.17) is 14.7 Å². The number of nitrogens with one attached hydrogen (secondary N) is 2. The van der Waals surface area contributed by atoms with E-state index in [1.165, 1.54) is 0 Å².